The average Bonchev–Trinajstić information content (AvgIpc) is 2.66. The Hall–Kier alpha value is -2.79. The molecule has 0 spiro atoms. The number of benzene rings is 2. The lowest BCUT2D eigenvalue weighted by Crippen LogP contribution is -2.29. The normalized spacial score (nSPS) is 10.7. The van der Waals surface area contributed by atoms with Crippen molar-refractivity contribution in [2.45, 2.75) is 13.5 Å². The van der Waals surface area contributed by atoms with Crippen LogP contribution < -0.4 is 10.3 Å². The van der Waals surface area contributed by atoms with Gasteiger partial charge in [-0.3, -0.25) is 4.79 Å². The zero-order chi connectivity index (χ0) is 18.7. The van der Waals surface area contributed by atoms with Crippen LogP contribution in [-0.4, -0.2) is 24.3 Å². The van der Waals surface area contributed by atoms with E-state index in [1.54, 1.807) is 26.2 Å². The molecule has 0 amide bonds. The Morgan fingerprint density at radius 2 is 1.81 bits per heavy atom. The molecule has 0 saturated heterocycles. The zero-order valence-corrected chi connectivity index (χ0v) is 15.2. The van der Waals surface area contributed by atoms with Crippen LogP contribution in [0.3, 0.4) is 0 Å². The minimum atomic E-state index is -0.711. The number of ether oxygens (including phenoxy) is 2. The van der Waals surface area contributed by atoms with E-state index in [1.807, 2.05) is 36.4 Å². The van der Waals surface area contributed by atoms with Gasteiger partial charge in [-0.15, -0.1) is 0 Å². The summed E-state index contributed by atoms with van der Waals surface area (Å²) in [7, 11) is 1.60. The van der Waals surface area contributed by atoms with Crippen molar-refractivity contribution in [1.82, 2.24) is 4.57 Å². The summed E-state index contributed by atoms with van der Waals surface area (Å²) < 4.78 is 11.7. The zero-order valence-electron chi connectivity index (χ0n) is 14.5. The Labute approximate surface area is 155 Å². The van der Waals surface area contributed by atoms with Crippen molar-refractivity contribution < 1.29 is 14.3 Å². The molecule has 0 aliphatic carbocycles. The second-order valence-corrected chi connectivity index (χ2v) is 6.04. The molecule has 3 aromatic rings. The molecule has 0 unspecified atom stereocenters. The number of aromatic nitrogens is 1. The predicted molar refractivity (Wildman–Crippen MR) is 101 cm³/mol. The van der Waals surface area contributed by atoms with Gasteiger partial charge in [0.25, 0.3) is 5.56 Å². The molecule has 0 bridgehead atoms. The third kappa shape index (κ3) is 3.30. The highest BCUT2D eigenvalue weighted by atomic mass is 35.5. The summed E-state index contributed by atoms with van der Waals surface area (Å²) in [5.74, 6) is 0.0195. The summed E-state index contributed by atoms with van der Waals surface area (Å²) in [6, 6.07) is 14.6. The maximum absolute atomic E-state index is 13.0. The minimum absolute atomic E-state index is 0.120. The molecule has 0 aliphatic rings. The second kappa shape index (κ2) is 7.62. The van der Waals surface area contributed by atoms with Crippen molar-refractivity contribution in [3.8, 4) is 5.75 Å². The first-order chi connectivity index (χ1) is 12.6. The van der Waals surface area contributed by atoms with Crippen molar-refractivity contribution in [1.29, 1.82) is 0 Å². The molecule has 2 aromatic carbocycles. The maximum atomic E-state index is 13.0. The largest absolute Gasteiger partial charge is 0.497 e. The van der Waals surface area contributed by atoms with Crippen molar-refractivity contribution in [2.24, 2.45) is 0 Å². The topological polar surface area (TPSA) is 57.5 Å². The highest BCUT2D eigenvalue weighted by Crippen LogP contribution is 2.26. The van der Waals surface area contributed by atoms with E-state index in [1.165, 1.54) is 4.57 Å². The van der Waals surface area contributed by atoms with Crippen LogP contribution in [0.15, 0.2) is 53.3 Å². The second-order valence-electron chi connectivity index (χ2n) is 5.67. The molecule has 26 heavy (non-hydrogen) atoms. The fourth-order valence-electron chi connectivity index (χ4n) is 2.82. The monoisotopic (exact) mass is 371 g/mol. The van der Waals surface area contributed by atoms with Crippen LogP contribution >= 0.6 is 11.6 Å². The van der Waals surface area contributed by atoms with Gasteiger partial charge in [-0.1, -0.05) is 41.9 Å². The van der Waals surface area contributed by atoms with E-state index in [0.717, 1.165) is 11.3 Å². The van der Waals surface area contributed by atoms with E-state index in [-0.39, 0.29) is 17.2 Å². The average molecular weight is 372 g/mol. The van der Waals surface area contributed by atoms with Gasteiger partial charge in [-0.2, -0.15) is 0 Å². The minimum Gasteiger partial charge on any atom is -0.497 e. The van der Waals surface area contributed by atoms with E-state index >= 15 is 0 Å². The SMILES string of the molecule is CCOC(=O)c1c(Cl)c2ccccc2n(Cc2ccc(OC)cc2)c1=O. The molecule has 1 aromatic heterocycles. The quantitative estimate of drug-likeness (QED) is 0.638. The fourth-order valence-corrected chi connectivity index (χ4v) is 3.14. The van der Waals surface area contributed by atoms with Gasteiger partial charge >= 0.3 is 5.97 Å². The maximum Gasteiger partial charge on any atom is 0.345 e. The number of carbonyl (C=O) groups is 1. The smallest absolute Gasteiger partial charge is 0.345 e. The summed E-state index contributed by atoms with van der Waals surface area (Å²) in [5, 5.41) is 0.750. The molecular weight excluding hydrogens is 354 g/mol. The van der Waals surface area contributed by atoms with Gasteiger partial charge in [-0.05, 0) is 30.7 Å². The molecule has 0 radical (unpaired) electrons. The number of para-hydroxylation sites is 1. The Morgan fingerprint density at radius 1 is 1.12 bits per heavy atom. The molecular formula is C20H18ClNO4. The van der Waals surface area contributed by atoms with Crippen molar-refractivity contribution in [3.63, 3.8) is 0 Å². The number of halogens is 1. The Bertz CT molecular complexity index is 1010. The summed E-state index contributed by atoms with van der Waals surface area (Å²) in [5.41, 5.74) is 0.949. The highest BCUT2D eigenvalue weighted by Gasteiger charge is 2.22. The third-order valence-corrected chi connectivity index (χ3v) is 4.48. The van der Waals surface area contributed by atoms with Gasteiger partial charge in [0.2, 0.25) is 0 Å². The van der Waals surface area contributed by atoms with E-state index < -0.39 is 11.5 Å². The molecule has 0 N–H and O–H groups in total. The lowest BCUT2D eigenvalue weighted by atomic mass is 10.1. The summed E-state index contributed by atoms with van der Waals surface area (Å²) in [6.07, 6.45) is 0. The number of fused-ring (bicyclic) bond motifs is 1. The number of methoxy groups -OCH3 is 1. The van der Waals surface area contributed by atoms with Gasteiger partial charge < -0.3 is 14.0 Å². The van der Waals surface area contributed by atoms with Crippen LogP contribution in [0.4, 0.5) is 0 Å². The lowest BCUT2D eigenvalue weighted by molar-refractivity contribution is 0.0524. The molecule has 1 heterocycles. The van der Waals surface area contributed by atoms with Crippen LogP contribution in [0.5, 0.6) is 5.75 Å². The standard InChI is InChI=1S/C20H18ClNO4/c1-3-26-20(24)17-18(21)15-6-4-5-7-16(15)22(19(17)23)12-13-8-10-14(25-2)11-9-13/h4-11H,3,12H2,1-2H3. The van der Waals surface area contributed by atoms with Gasteiger partial charge in [0.1, 0.15) is 11.3 Å². The first kappa shape index (κ1) is 18.0. The summed E-state index contributed by atoms with van der Waals surface area (Å²) in [4.78, 5) is 25.3. The van der Waals surface area contributed by atoms with Crippen LogP contribution in [0.2, 0.25) is 5.02 Å². The molecule has 0 fully saturated rings. The van der Waals surface area contributed by atoms with E-state index in [4.69, 9.17) is 21.1 Å². The highest BCUT2D eigenvalue weighted by molar-refractivity contribution is 6.38. The third-order valence-electron chi connectivity index (χ3n) is 4.09. The van der Waals surface area contributed by atoms with Crippen LogP contribution in [-0.2, 0) is 11.3 Å². The Morgan fingerprint density at radius 3 is 2.46 bits per heavy atom. The predicted octanol–water partition coefficient (Wildman–Crippen LogP) is 3.89. The number of carbonyl (C=O) groups excluding carboxylic acids is 1. The lowest BCUT2D eigenvalue weighted by Gasteiger charge is -2.15. The number of hydrogen-bond acceptors (Lipinski definition) is 4. The van der Waals surface area contributed by atoms with Crippen molar-refractivity contribution in [2.75, 3.05) is 13.7 Å². The molecule has 0 atom stereocenters. The summed E-state index contributed by atoms with van der Waals surface area (Å²) >= 11 is 6.36. The van der Waals surface area contributed by atoms with Gasteiger partial charge in [0, 0.05) is 5.39 Å². The number of esters is 1. The van der Waals surface area contributed by atoms with Gasteiger partial charge in [-0.25, -0.2) is 4.79 Å². The number of pyridine rings is 1. The first-order valence-electron chi connectivity index (χ1n) is 8.18. The van der Waals surface area contributed by atoms with Gasteiger partial charge in [0.15, 0.2) is 0 Å². The van der Waals surface area contributed by atoms with Crippen LogP contribution in [0.1, 0.15) is 22.8 Å². The number of nitrogens with zero attached hydrogens (tertiary/aromatic N) is 1. The summed E-state index contributed by atoms with van der Waals surface area (Å²) in [6.45, 7) is 2.15. The van der Waals surface area contributed by atoms with Crippen molar-refractivity contribution in [3.05, 3.63) is 75.0 Å². The first-order valence-corrected chi connectivity index (χ1v) is 8.55. The molecule has 5 nitrogen and oxygen atoms in total. The molecule has 3 rings (SSSR count). The Kier molecular flexibility index (Phi) is 5.28. The van der Waals surface area contributed by atoms with Crippen LogP contribution in [0.25, 0.3) is 10.9 Å². The van der Waals surface area contributed by atoms with E-state index in [0.29, 0.717) is 17.4 Å². The molecule has 0 aliphatic heterocycles. The molecule has 134 valence electrons. The van der Waals surface area contributed by atoms with Crippen LogP contribution in [0, 0.1) is 0 Å². The molecule has 6 heteroatoms. The molecule has 0 saturated carbocycles. The van der Waals surface area contributed by atoms with Crippen molar-refractivity contribution >= 4 is 28.5 Å². The Balaban J connectivity index is 2.19. The number of hydrogen-bond donors (Lipinski definition) is 0. The number of rotatable bonds is 5. The van der Waals surface area contributed by atoms with Gasteiger partial charge in [0.05, 0.1) is 30.8 Å². The van der Waals surface area contributed by atoms with E-state index in [2.05, 4.69) is 0 Å². The fraction of sp³-hybridized carbons (Fsp3) is 0.200. The van der Waals surface area contributed by atoms with E-state index in [9.17, 15) is 9.59 Å².